The molecule has 2 aliphatic carbocycles. The van der Waals surface area contributed by atoms with Crippen LogP contribution in [0, 0.1) is 11.8 Å². The lowest BCUT2D eigenvalue weighted by Gasteiger charge is -2.15. The van der Waals surface area contributed by atoms with Crippen LogP contribution >= 0.6 is 15.9 Å². The molecule has 1 aromatic carbocycles. The molecule has 0 amide bonds. The number of halogens is 1. The van der Waals surface area contributed by atoms with Crippen LogP contribution in [0.25, 0.3) is 6.08 Å². The summed E-state index contributed by atoms with van der Waals surface area (Å²) in [6.07, 6.45) is 9.27. The molecule has 2 fully saturated rings. The number of carbonyl (C=O) groups excluding carboxylic acids is 1. The Morgan fingerprint density at radius 3 is 2.58 bits per heavy atom. The molecule has 1 aromatic rings. The van der Waals surface area contributed by atoms with Gasteiger partial charge in [-0.1, -0.05) is 47.0 Å². The molecule has 19 heavy (non-hydrogen) atoms. The summed E-state index contributed by atoms with van der Waals surface area (Å²) in [7, 11) is 0. The topological polar surface area (TPSA) is 17.1 Å². The van der Waals surface area contributed by atoms with E-state index >= 15 is 0 Å². The van der Waals surface area contributed by atoms with Gasteiger partial charge in [-0.15, -0.1) is 0 Å². The Balaban J connectivity index is 1.80. The molecule has 0 bridgehead atoms. The molecule has 1 unspecified atom stereocenters. The van der Waals surface area contributed by atoms with E-state index in [2.05, 4.69) is 28.1 Å². The minimum Gasteiger partial charge on any atom is -0.294 e. The van der Waals surface area contributed by atoms with Crippen LogP contribution in [-0.2, 0) is 4.79 Å². The summed E-state index contributed by atoms with van der Waals surface area (Å²) in [5.41, 5.74) is 2.15. The summed E-state index contributed by atoms with van der Waals surface area (Å²) in [6, 6.07) is 8.11. The Hall–Kier alpha value is -0.890. The van der Waals surface area contributed by atoms with Gasteiger partial charge >= 0.3 is 0 Å². The number of ketones is 1. The first-order valence-electron chi connectivity index (χ1n) is 7.25. The lowest BCUT2D eigenvalue weighted by atomic mass is 9.88. The van der Waals surface area contributed by atoms with Gasteiger partial charge in [0, 0.05) is 10.4 Å². The molecule has 1 atom stereocenters. The number of rotatable bonds is 2. The standard InChI is InChI=1S/C17H19BrO/c18-16-8-4-3-7-13(16)11-14-9-10-15(17(14)19)12-5-1-2-6-12/h3-4,7-8,11-12,15H,1-2,5-6,9-10H2/b14-11+. The van der Waals surface area contributed by atoms with E-state index in [4.69, 9.17) is 0 Å². The van der Waals surface area contributed by atoms with Crippen molar-refractivity contribution in [3.8, 4) is 0 Å². The molecule has 2 aliphatic rings. The Morgan fingerprint density at radius 2 is 1.84 bits per heavy atom. The van der Waals surface area contributed by atoms with Crippen molar-refractivity contribution in [2.75, 3.05) is 0 Å². The van der Waals surface area contributed by atoms with Crippen LogP contribution in [0.1, 0.15) is 44.1 Å². The van der Waals surface area contributed by atoms with Crippen LogP contribution in [0.5, 0.6) is 0 Å². The van der Waals surface area contributed by atoms with Gasteiger partial charge in [0.15, 0.2) is 5.78 Å². The lowest BCUT2D eigenvalue weighted by molar-refractivity contribution is -0.119. The Morgan fingerprint density at radius 1 is 1.11 bits per heavy atom. The van der Waals surface area contributed by atoms with Crippen molar-refractivity contribution in [1.82, 2.24) is 0 Å². The normalized spacial score (nSPS) is 26.5. The third kappa shape index (κ3) is 2.69. The maximum Gasteiger partial charge on any atom is 0.162 e. The second kappa shape index (κ2) is 5.62. The maximum absolute atomic E-state index is 12.5. The van der Waals surface area contributed by atoms with E-state index in [9.17, 15) is 4.79 Å². The molecule has 0 heterocycles. The predicted molar refractivity (Wildman–Crippen MR) is 81.8 cm³/mol. The van der Waals surface area contributed by atoms with Crippen LogP contribution in [-0.4, -0.2) is 5.78 Å². The Kier molecular flexibility index (Phi) is 3.88. The van der Waals surface area contributed by atoms with E-state index in [0.29, 0.717) is 17.6 Å². The monoisotopic (exact) mass is 318 g/mol. The highest BCUT2D eigenvalue weighted by molar-refractivity contribution is 9.10. The van der Waals surface area contributed by atoms with Crippen molar-refractivity contribution < 1.29 is 4.79 Å². The smallest absolute Gasteiger partial charge is 0.162 e. The van der Waals surface area contributed by atoms with Crippen LogP contribution in [0.3, 0.4) is 0 Å². The molecule has 1 nitrogen and oxygen atoms in total. The van der Waals surface area contributed by atoms with Crippen molar-refractivity contribution in [3.05, 3.63) is 39.9 Å². The van der Waals surface area contributed by atoms with Gasteiger partial charge < -0.3 is 0 Å². The molecular weight excluding hydrogens is 300 g/mol. The largest absolute Gasteiger partial charge is 0.294 e. The van der Waals surface area contributed by atoms with E-state index in [1.54, 1.807) is 0 Å². The van der Waals surface area contributed by atoms with Crippen molar-refractivity contribution in [3.63, 3.8) is 0 Å². The molecule has 0 aromatic heterocycles. The zero-order chi connectivity index (χ0) is 13.2. The molecule has 0 N–H and O–H groups in total. The zero-order valence-corrected chi connectivity index (χ0v) is 12.7. The number of hydrogen-bond donors (Lipinski definition) is 0. The average molecular weight is 319 g/mol. The average Bonchev–Trinajstić information content (AvgIpc) is 3.03. The third-order valence-electron chi connectivity index (χ3n) is 4.58. The van der Waals surface area contributed by atoms with Gasteiger partial charge in [0.2, 0.25) is 0 Å². The van der Waals surface area contributed by atoms with E-state index in [-0.39, 0.29) is 0 Å². The quantitative estimate of drug-likeness (QED) is 0.701. The molecule has 0 radical (unpaired) electrons. The van der Waals surface area contributed by atoms with Gasteiger partial charge in [-0.3, -0.25) is 4.79 Å². The van der Waals surface area contributed by atoms with Gasteiger partial charge in [-0.05, 0) is 54.9 Å². The minimum atomic E-state index is 0.316. The summed E-state index contributed by atoms with van der Waals surface area (Å²) in [4.78, 5) is 12.5. The summed E-state index contributed by atoms with van der Waals surface area (Å²) in [5, 5.41) is 0. The van der Waals surface area contributed by atoms with Crippen LogP contribution < -0.4 is 0 Å². The van der Waals surface area contributed by atoms with Crippen molar-refractivity contribution in [2.45, 2.75) is 38.5 Å². The molecule has 0 spiro atoms. The van der Waals surface area contributed by atoms with Crippen LogP contribution in [0.2, 0.25) is 0 Å². The van der Waals surface area contributed by atoms with Crippen molar-refractivity contribution in [2.24, 2.45) is 11.8 Å². The van der Waals surface area contributed by atoms with E-state index < -0.39 is 0 Å². The summed E-state index contributed by atoms with van der Waals surface area (Å²) < 4.78 is 1.07. The van der Waals surface area contributed by atoms with Gasteiger partial charge in [-0.25, -0.2) is 0 Å². The third-order valence-corrected chi connectivity index (χ3v) is 5.30. The summed E-state index contributed by atoms with van der Waals surface area (Å²) in [6.45, 7) is 0. The lowest BCUT2D eigenvalue weighted by Crippen LogP contribution is -2.16. The van der Waals surface area contributed by atoms with E-state index in [1.165, 1.54) is 25.7 Å². The summed E-state index contributed by atoms with van der Waals surface area (Å²) in [5.74, 6) is 1.40. The Bertz CT molecular complexity index is 512. The fourth-order valence-electron chi connectivity index (χ4n) is 3.54. The maximum atomic E-state index is 12.5. The first kappa shape index (κ1) is 13.1. The fraction of sp³-hybridized carbons (Fsp3) is 0.471. The number of carbonyl (C=O) groups is 1. The Labute approximate surface area is 123 Å². The highest BCUT2D eigenvalue weighted by Crippen LogP contribution is 2.41. The zero-order valence-electron chi connectivity index (χ0n) is 11.1. The van der Waals surface area contributed by atoms with E-state index in [0.717, 1.165) is 28.5 Å². The molecule has 0 aliphatic heterocycles. The molecular formula is C17H19BrO. The predicted octanol–water partition coefficient (Wildman–Crippen LogP) is 5.00. The minimum absolute atomic E-state index is 0.316. The van der Waals surface area contributed by atoms with Crippen molar-refractivity contribution >= 4 is 27.8 Å². The SMILES string of the molecule is O=C1/C(=C/c2ccccc2Br)CCC1C1CCCC1. The molecule has 2 saturated carbocycles. The van der Waals surface area contributed by atoms with Crippen LogP contribution in [0.15, 0.2) is 34.3 Å². The molecule has 0 saturated heterocycles. The molecule has 3 rings (SSSR count). The number of allylic oxidation sites excluding steroid dienone is 1. The number of hydrogen-bond acceptors (Lipinski definition) is 1. The molecule has 100 valence electrons. The van der Waals surface area contributed by atoms with Gasteiger partial charge in [0.05, 0.1) is 0 Å². The van der Waals surface area contributed by atoms with E-state index in [1.807, 2.05) is 18.2 Å². The molecule has 2 heteroatoms. The fourth-order valence-corrected chi connectivity index (χ4v) is 3.94. The van der Waals surface area contributed by atoms with Gasteiger partial charge in [0.25, 0.3) is 0 Å². The number of Topliss-reactive ketones (excluding diaryl/α,β-unsaturated/α-hetero) is 1. The van der Waals surface area contributed by atoms with Gasteiger partial charge in [-0.2, -0.15) is 0 Å². The first-order chi connectivity index (χ1) is 9.25. The van der Waals surface area contributed by atoms with Crippen molar-refractivity contribution in [1.29, 1.82) is 0 Å². The highest BCUT2D eigenvalue weighted by atomic mass is 79.9. The highest BCUT2D eigenvalue weighted by Gasteiger charge is 2.36. The number of benzene rings is 1. The van der Waals surface area contributed by atoms with Crippen LogP contribution in [0.4, 0.5) is 0 Å². The first-order valence-corrected chi connectivity index (χ1v) is 8.04. The summed E-state index contributed by atoms with van der Waals surface area (Å²) >= 11 is 3.55. The second-order valence-electron chi connectivity index (χ2n) is 5.75. The van der Waals surface area contributed by atoms with Gasteiger partial charge in [0.1, 0.15) is 0 Å². The second-order valence-corrected chi connectivity index (χ2v) is 6.60.